The summed E-state index contributed by atoms with van der Waals surface area (Å²) >= 11 is 0. The fourth-order valence-corrected chi connectivity index (χ4v) is 4.16. The van der Waals surface area contributed by atoms with Crippen LogP contribution in [-0.2, 0) is 27.5 Å². The number of esters is 1. The van der Waals surface area contributed by atoms with Crippen molar-refractivity contribution in [2.75, 3.05) is 20.8 Å². The largest absolute Gasteiger partial charge is 0.493 e. The van der Waals surface area contributed by atoms with Gasteiger partial charge in [0, 0.05) is 13.1 Å². The van der Waals surface area contributed by atoms with Crippen LogP contribution in [0.3, 0.4) is 0 Å². The number of hydrogen-bond donors (Lipinski definition) is 2. The van der Waals surface area contributed by atoms with Gasteiger partial charge in [-0.2, -0.15) is 0 Å². The molecular formula is C22H24N2O6. The van der Waals surface area contributed by atoms with E-state index in [9.17, 15) is 14.7 Å². The van der Waals surface area contributed by atoms with Gasteiger partial charge in [0.2, 0.25) is 5.54 Å². The van der Waals surface area contributed by atoms with Gasteiger partial charge in [-0.25, -0.2) is 4.79 Å². The molecular weight excluding hydrogens is 388 g/mol. The number of aliphatic hydroxyl groups is 1. The fourth-order valence-electron chi connectivity index (χ4n) is 4.16. The maximum absolute atomic E-state index is 13.0. The van der Waals surface area contributed by atoms with Gasteiger partial charge in [0.05, 0.1) is 26.4 Å². The van der Waals surface area contributed by atoms with E-state index in [1.807, 2.05) is 36.4 Å². The van der Waals surface area contributed by atoms with Crippen LogP contribution in [0.25, 0.3) is 0 Å². The van der Waals surface area contributed by atoms with Crippen molar-refractivity contribution < 1.29 is 28.9 Å². The summed E-state index contributed by atoms with van der Waals surface area (Å²) < 4.78 is 16.0. The molecule has 2 heterocycles. The normalized spacial score (nSPS) is 24.8. The number of amides is 1. The van der Waals surface area contributed by atoms with E-state index in [0.29, 0.717) is 11.5 Å². The van der Waals surface area contributed by atoms with Crippen molar-refractivity contribution in [2.45, 2.75) is 30.8 Å². The molecule has 0 spiro atoms. The minimum atomic E-state index is -1.54. The van der Waals surface area contributed by atoms with Crippen LogP contribution in [0.1, 0.15) is 11.1 Å². The van der Waals surface area contributed by atoms with E-state index in [4.69, 9.17) is 14.2 Å². The number of likely N-dealkylation sites (tertiary alicyclic amines) is 1. The van der Waals surface area contributed by atoms with Crippen molar-refractivity contribution in [3.05, 3.63) is 59.7 Å². The van der Waals surface area contributed by atoms with Crippen molar-refractivity contribution in [2.24, 2.45) is 0 Å². The molecule has 2 aromatic carbocycles. The topological polar surface area (TPSA) is 97.3 Å². The second-order valence-electron chi connectivity index (χ2n) is 7.39. The van der Waals surface area contributed by atoms with Gasteiger partial charge < -0.3 is 24.2 Å². The fraction of sp³-hybridized carbons (Fsp3) is 0.364. The number of β-amino-alcohol motifs (C(OH)–C–C–N with tert-alkyl or cyclic N) is 1. The zero-order chi connectivity index (χ0) is 21.3. The molecule has 2 aliphatic heterocycles. The van der Waals surface area contributed by atoms with Crippen molar-refractivity contribution >= 4 is 11.9 Å². The van der Waals surface area contributed by atoms with Gasteiger partial charge in [0.25, 0.3) is 5.91 Å². The lowest BCUT2D eigenvalue weighted by Gasteiger charge is -2.50. The highest BCUT2D eigenvalue weighted by atomic mass is 16.5. The third-order valence-electron chi connectivity index (χ3n) is 5.67. The lowest BCUT2D eigenvalue weighted by atomic mass is 9.79. The standard InChI is InChI=1S/C22H24N2O6/c1-28-17-9-8-15(10-18(17)29-2)12-24-19-16(25)11-23-22(19,20(24)26)21(27)30-13-14-6-4-3-5-7-14/h3-10,16,19,23,25H,11-13H2,1-2H3/t16-,19+,22-/m0/s1. The number of nitrogens with one attached hydrogen (secondary N) is 1. The van der Waals surface area contributed by atoms with E-state index in [2.05, 4.69) is 5.32 Å². The molecule has 0 aliphatic carbocycles. The van der Waals surface area contributed by atoms with Crippen LogP contribution in [0, 0.1) is 0 Å². The number of β-lactam (4-membered cyclic amide) rings is 1. The number of fused-ring (bicyclic) bond motifs is 1. The van der Waals surface area contributed by atoms with Gasteiger partial charge >= 0.3 is 5.97 Å². The van der Waals surface area contributed by atoms with Gasteiger partial charge in [-0.15, -0.1) is 0 Å². The number of carbonyl (C=O) groups is 2. The van der Waals surface area contributed by atoms with E-state index in [0.717, 1.165) is 11.1 Å². The molecule has 0 unspecified atom stereocenters. The molecule has 2 saturated heterocycles. The Morgan fingerprint density at radius 1 is 1.13 bits per heavy atom. The van der Waals surface area contributed by atoms with Crippen molar-refractivity contribution in [3.8, 4) is 11.5 Å². The van der Waals surface area contributed by atoms with E-state index >= 15 is 0 Å². The monoisotopic (exact) mass is 412 g/mol. The highest BCUT2D eigenvalue weighted by Gasteiger charge is 2.71. The first-order valence-corrected chi connectivity index (χ1v) is 9.67. The average Bonchev–Trinajstić information content (AvgIpc) is 3.09. The van der Waals surface area contributed by atoms with Crippen LogP contribution in [0.5, 0.6) is 11.5 Å². The molecule has 8 nitrogen and oxygen atoms in total. The van der Waals surface area contributed by atoms with E-state index in [1.54, 1.807) is 19.2 Å². The Morgan fingerprint density at radius 3 is 2.57 bits per heavy atom. The van der Waals surface area contributed by atoms with E-state index in [-0.39, 0.29) is 19.7 Å². The van der Waals surface area contributed by atoms with Gasteiger partial charge in [-0.1, -0.05) is 36.4 Å². The number of aliphatic hydroxyl groups excluding tert-OH is 1. The first kappa shape index (κ1) is 20.2. The second kappa shape index (κ2) is 7.97. The van der Waals surface area contributed by atoms with Crippen molar-refractivity contribution in [1.29, 1.82) is 0 Å². The Balaban J connectivity index is 1.50. The summed E-state index contributed by atoms with van der Waals surface area (Å²) in [4.78, 5) is 27.4. The lowest BCUT2D eigenvalue weighted by Crippen LogP contribution is -2.80. The van der Waals surface area contributed by atoms with Crippen LogP contribution in [0.15, 0.2) is 48.5 Å². The van der Waals surface area contributed by atoms with Crippen LogP contribution in [0.4, 0.5) is 0 Å². The maximum Gasteiger partial charge on any atom is 0.338 e. The molecule has 30 heavy (non-hydrogen) atoms. The summed E-state index contributed by atoms with van der Waals surface area (Å²) in [6.45, 7) is 0.435. The Hall–Kier alpha value is -3.10. The first-order valence-electron chi connectivity index (χ1n) is 9.67. The molecule has 158 valence electrons. The second-order valence-corrected chi connectivity index (χ2v) is 7.39. The summed E-state index contributed by atoms with van der Waals surface area (Å²) in [7, 11) is 3.08. The van der Waals surface area contributed by atoms with Crippen LogP contribution < -0.4 is 14.8 Å². The third-order valence-corrected chi connectivity index (χ3v) is 5.67. The molecule has 2 aromatic rings. The summed E-state index contributed by atoms with van der Waals surface area (Å²) in [6.07, 6.45) is -0.868. The number of hydrogen-bond acceptors (Lipinski definition) is 7. The Bertz CT molecular complexity index is 950. The minimum Gasteiger partial charge on any atom is -0.493 e. The highest BCUT2D eigenvalue weighted by molar-refractivity contribution is 6.14. The van der Waals surface area contributed by atoms with E-state index in [1.165, 1.54) is 12.0 Å². The number of nitrogens with zero attached hydrogens (tertiary/aromatic N) is 1. The molecule has 2 fully saturated rings. The smallest absolute Gasteiger partial charge is 0.338 e. The summed E-state index contributed by atoms with van der Waals surface area (Å²) in [5.41, 5.74) is 0.0859. The first-order chi connectivity index (χ1) is 14.5. The minimum absolute atomic E-state index is 0.0644. The Morgan fingerprint density at radius 2 is 1.87 bits per heavy atom. The predicted molar refractivity (Wildman–Crippen MR) is 107 cm³/mol. The van der Waals surface area contributed by atoms with Gasteiger partial charge in [-0.3, -0.25) is 10.1 Å². The highest BCUT2D eigenvalue weighted by Crippen LogP contribution is 2.40. The lowest BCUT2D eigenvalue weighted by molar-refractivity contribution is -0.182. The molecule has 4 rings (SSSR count). The maximum atomic E-state index is 13.0. The third kappa shape index (κ3) is 3.18. The molecule has 0 aromatic heterocycles. The molecule has 0 bridgehead atoms. The number of ether oxygens (including phenoxy) is 3. The van der Waals surface area contributed by atoms with Gasteiger partial charge in [0.1, 0.15) is 6.61 Å². The summed E-state index contributed by atoms with van der Waals surface area (Å²) in [5, 5.41) is 13.4. The molecule has 1 amide bonds. The van der Waals surface area contributed by atoms with E-state index < -0.39 is 29.6 Å². The van der Waals surface area contributed by atoms with Crippen molar-refractivity contribution in [1.82, 2.24) is 10.2 Å². The number of benzene rings is 2. The van der Waals surface area contributed by atoms with Gasteiger partial charge in [0.15, 0.2) is 11.5 Å². The quantitative estimate of drug-likeness (QED) is 0.396. The molecule has 8 heteroatoms. The molecule has 0 radical (unpaired) electrons. The molecule has 2 N–H and O–H groups in total. The van der Waals surface area contributed by atoms with Crippen LogP contribution >= 0.6 is 0 Å². The Labute approximate surface area is 174 Å². The molecule has 2 aliphatic rings. The Kier molecular flexibility index (Phi) is 5.36. The zero-order valence-electron chi connectivity index (χ0n) is 16.8. The summed E-state index contributed by atoms with van der Waals surface area (Å²) in [5.74, 6) is 0.0533. The molecule has 3 atom stereocenters. The van der Waals surface area contributed by atoms with Crippen LogP contribution in [-0.4, -0.2) is 60.3 Å². The predicted octanol–water partition coefficient (Wildman–Crippen LogP) is 0.861. The number of rotatable bonds is 7. The summed E-state index contributed by atoms with van der Waals surface area (Å²) in [6, 6.07) is 13.9. The molecule has 0 saturated carbocycles. The SMILES string of the molecule is COc1ccc(CN2C(=O)[C@@]3(C(=O)OCc4ccccc4)NC[C@H](O)[C@@H]23)cc1OC. The zero-order valence-corrected chi connectivity index (χ0v) is 16.8. The number of methoxy groups -OCH3 is 2. The van der Waals surface area contributed by atoms with Gasteiger partial charge in [-0.05, 0) is 23.3 Å². The van der Waals surface area contributed by atoms with Crippen molar-refractivity contribution in [3.63, 3.8) is 0 Å². The van der Waals surface area contributed by atoms with Crippen LogP contribution in [0.2, 0.25) is 0 Å². The number of carbonyl (C=O) groups excluding carboxylic acids is 2. The average molecular weight is 412 g/mol.